The number of carbonyl (C=O) groups is 2. The molecule has 0 aromatic heterocycles. The van der Waals surface area contributed by atoms with Crippen LogP contribution in [-0.4, -0.2) is 23.1 Å². The molecule has 3 N–H and O–H groups in total. The van der Waals surface area contributed by atoms with Gasteiger partial charge in [0.25, 0.3) is 0 Å². The van der Waals surface area contributed by atoms with Crippen LogP contribution in [-0.2, 0) is 9.59 Å². The van der Waals surface area contributed by atoms with Gasteiger partial charge in [-0.15, -0.1) is 0 Å². The van der Waals surface area contributed by atoms with Crippen LogP contribution >= 0.6 is 12.6 Å². The number of rotatable bonds is 4. The maximum absolute atomic E-state index is 10.9. The quantitative estimate of drug-likeness (QED) is 0.532. The van der Waals surface area contributed by atoms with Crippen LogP contribution in [0.5, 0.6) is 0 Å². The first-order chi connectivity index (χ1) is 5.37. The molecule has 0 atom stereocenters. The molecule has 0 radical (unpaired) electrons. The zero-order chi connectivity index (χ0) is 9.78. The van der Waals surface area contributed by atoms with E-state index in [2.05, 4.69) is 17.9 Å². The molecule has 0 bridgehead atoms. The Labute approximate surface area is 77.3 Å². The number of primary amides is 1. The Balaban J connectivity index is 4.03. The van der Waals surface area contributed by atoms with Crippen LogP contribution < -0.4 is 11.1 Å². The number of nitrogens with one attached hydrogen (secondary N) is 1. The molecular weight excluding hydrogens is 176 g/mol. The van der Waals surface area contributed by atoms with Crippen molar-refractivity contribution in [2.24, 2.45) is 5.73 Å². The summed E-state index contributed by atoms with van der Waals surface area (Å²) in [7, 11) is 0. The van der Waals surface area contributed by atoms with E-state index in [0.717, 1.165) is 0 Å². The zero-order valence-corrected chi connectivity index (χ0v) is 8.15. The van der Waals surface area contributed by atoms with Crippen molar-refractivity contribution in [3.63, 3.8) is 0 Å². The minimum Gasteiger partial charge on any atom is -0.370 e. The normalized spacial score (nSPS) is 10.9. The molecule has 12 heavy (non-hydrogen) atoms. The van der Waals surface area contributed by atoms with Crippen molar-refractivity contribution in [2.75, 3.05) is 5.75 Å². The molecule has 0 heterocycles. The van der Waals surface area contributed by atoms with E-state index >= 15 is 0 Å². The van der Waals surface area contributed by atoms with Crippen LogP contribution in [0, 0.1) is 0 Å². The fourth-order valence-corrected chi connectivity index (χ4v) is 0.976. The van der Waals surface area contributed by atoms with E-state index in [4.69, 9.17) is 5.73 Å². The highest BCUT2D eigenvalue weighted by molar-refractivity contribution is 7.81. The number of hydrogen-bond donors (Lipinski definition) is 3. The molecule has 0 fully saturated rings. The maximum Gasteiger partial charge on any atom is 0.230 e. The molecular formula is C7H14N2O2S. The third kappa shape index (κ3) is 5.01. The second kappa shape index (κ2) is 4.35. The molecule has 4 nitrogen and oxygen atoms in total. The molecule has 0 aliphatic rings. The lowest BCUT2D eigenvalue weighted by Gasteiger charge is -2.24. The van der Waals surface area contributed by atoms with E-state index in [-0.39, 0.29) is 18.1 Å². The first kappa shape index (κ1) is 11.3. The van der Waals surface area contributed by atoms with Crippen LogP contribution in [0.15, 0.2) is 0 Å². The molecule has 0 spiro atoms. The van der Waals surface area contributed by atoms with Gasteiger partial charge in [0, 0.05) is 12.0 Å². The summed E-state index contributed by atoms with van der Waals surface area (Å²) < 4.78 is 0. The minimum atomic E-state index is -0.578. The van der Waals surface area contributed by atoms with Crippen LogP contribution in [0.3, 0.4) is 0 Å². The van der Waals surface area contributed by atoms with E-state index in [1.165, 1.54) is 0 Å². The fraction of sp³-hybridized carbons (Fsp3) is 0.714. The summed E-state index contributed by atoms with van der Waals surface area (Å²) in [6.45, 7) is 3.47. The summed E-state index contributed by atoms with van der Waals surface area (Å²) in [4.78, 5) is 21.4. The predicted octanol–water partition coefficient (Wildman–Crippen LogP) is -0.314. The number of nitrogens with two attached hydrogens (primary N) is 1. The van der Waals surface area contributed by atoms with Crippen LogP contribution in [0.1, 0.15) is 20.3 Å². The monoisotopic (exact) mass is 190 g/mol. The Morgan fingerprint density at radius 2 is 2.00 bits per heavy atom. The van der Waals surface area contributed by atoms with Gasteiger partial charge >= 0.3 is 0 Å². The van der Waals surface area contributed by atoms with Crippen LogP contribution in [0.25, 0.3) is 0 Å². The molecule has 0 aliphatic heterocycles. The fourth-order valence-electron chi connectivity index (χ4n) is 0.897. The summed E-state index contributed by atoms with van der Waals surface area (Å²) in [6, 6.07) is 0. The lowest BCUT2D eigenvalue weighted by molar-refractivity contribution is -0.122. The molecule has 0 aromatic rings. The van der Waals surface area contributed by atoms with Gasteiger partial charge in [-0.3, -0.25) is 9.59 Å². The largest absolute Gasteiger partial charge is 0.370 e. The molecule has 70 valence electrons. The van der Waals surface area contributed by atoms with Gasteiger partial charge in [-0.2, -0.15) is 12.6 Å². The van der Waals surface area contributed by atoms with Crippen molar-refractivity contribution < 1.29 is 9.59 Å². The molecule has 2 amide bonds. The second-order valence-electron chi connectivity index (χ2n) is 3.23. The van der Waals surface area contributed by atoms with Crippen molar-refractivity contribution in [2.45, 2.75) is 25.8 Å². The lowest BCUT2D eigenvalue weighted by Crippen LogP contribution is -2.46. The Bertz CT molecular complexity index is 192. The van der Waals surface area contributed by atoms with E-state index in [9.17, 15) is 9.59 Å². The highest BCUT2D eigenvalue weighted by Gasteiger charge is 2.21. The summed E-state index contributed by atoms with van der Waals surface area (Å²) in [5.41, 5.74) is 4.41. The van der Waals surface area contributed by atoms with Crippen molar-refractivity contribution in [1.29, 1.82) is 0 Å². The Morgan fingerprint density at radius 3 is 2.33 bits per heavy atom. The maximum atomic E-state index is 10.9. The van der Waals surface area contributed by atoms with Gasteiger partial charge in [-0.25, -0.2) is 0 Å². The molecule has 5 heteroatoms. The molecule has 0 rings (SSSR count). The topological polar surface area (TPSA) is 72.2 Å². The average molecular weight is 190 g/mol. The van der Waals surface area contributed by atoms with E-state index in [0.29, 0.717) is 0 Å². The lowest BCUT2D eigenvalue weighted by atomic mass is 10.0. The summed E-state index contributed by atoms with van der Waals surface area (Å²) >= 11 is 3.79. The molecule has 0 unspecified atom stereocenters. The van der Waals surface area contributed by atoms with Crippen molar-refractivity contribution in [3.8, 4) is 0 Å². The minimum absolute atomic E-state index is 0.113. The number of carbonyl (C=O) groups excluding carboxylic acids is 2. The van der Waals surface area contributed by atoms with E-state index in [1.54, 1.807) is 13.8 Å². The third-order valence-electron chi connectivity index (χ3n) is 1.24. The highest BCUT2D eigenvalue weighted by atomic mass is 32.1. The van der Waals surface area contributed by atoms with Crippen molar-refractivity contribution >= 4 is 24.4 Å². The number of thiol groups is 1. The van der Waals surface area contributed by atoms with Gasteiger partial charge < -0.3 is 11.1 Å². The number of amides is 2. The SMILES string of the molecule is CC(C)(CC(N)=O)NC(=O)CS. The molecule has 0 aliphatic carbocycles. The van der Waals surface area contributed by atoms with Gasteiger partial charge in [-0.1, -0.05) is 0 Å². The third-order valence-corrected chi connectivity index (χ3v) is 1.52. The van der Waals surface area contributed by atoms with Crippen LogP contribution in [0.2, 0.25) is 0 Å². The Hall–Kier alpha value is -0.710. The zero-order valence-electron chi connectivity index (χ0n) is 7.26. The first-order valence-electron chi connectivity index (χ1n) is 3.57. The highest BCUT2D eigenvalue weighted by Crippen LogP contribution is 2.06. The van der Waals surface area contributed by atoms with Gasteiger partial charge in [0.1, 0.15) is 0 Å². The summed E-state index contributed by atoms with van der Waals surface area (Å²) in [5.74, 6) is -0.522. The van der Waals surface area contributed by atoms with Gasteiger partial charge in [0.05, 0.1) is 5.75 Å². The molecule has 0 aromatic carbocycles. The number of hydrogen-bond acceptors (Lipinski definition) is 3. The summed E-state index contributed by atoms with van der Waals surface area (Å²) in [6.07, 6.45) is 0.131. The average Bonchev–Trinajstić information content (AvgIpc) is 1.83. The Morgan fingerprint density at radius 1 is 1.50 bits per heavy atom. The van der Waals surface area contributed by atoms with E-state index < -0.39 is 11.4 Å². The van der Waals surface area contributed by atoms with E-state index in [1.807, 2.05) is 0 Å². The second-order valence-corrected chi connectivity index (χ2v) is 3.55. The standard InChI is InChI=1S/C7H14N2O2S/c1-7(2,3-5(8)10)9-6(11)4-12/h12H,3-4H2,1-2H3,(H2,8,10)(H,9,11). The predicted molar refractivity (Wildman–Crippen MR) is 49.9 cm³/mol. The van der Waals surface area contributed by atoms with Gasteiger partial charge in [0.15, 0.2) is 0 Å². The van der Waals surface area contributed by atoms with Crippen molar-refractivity contribution in [1.82, 2.24) is 5.32 Å². The van der Waals surface area contributed by atoms with Gasteiger partial charge in [-0.05, 0) is 13.8 Å². The first-order valence-corrected chi connectivity index (χ1v) is 4.21. The summed E-state index contributed by atoms with van der Waals surface area (Å²) in [5, 5.41) is 2.62. The Kier molecular flexibility index (Phi) is 4.09. The van der Waals surface area contributed by atoms with Crippen molar-refractivity contribution in [3.05, 3.63) is 0 Å². The van der Waals surface area contributed by atoms with Crippen LogP contribution in [0.4, 0.5) is 0 Å². The molecule has 0 saturated heterocycles. The molecule has 0 saturated carbocycles. The smallest absolute Gasteiger partial charge is 0.230 e. The van der Waals surface area contributed by atoms with Gasteiger partial charge in [0.2, 0.25) is 11.8 Å².